The van der Waals surface area contributed by atoms with E-state index in [0.717, 1.165) is 22.5 Å². The molecule has 7 nitrogen and oxygen atoms in total. The van der Waals surface area contributed by atoms with Crippen LogP contribution in [0, 0.1) is 29.6 Å². The maximum absolute atomic E-state index is 9.28. The molecule has 0 bridgehead atoms. The van der Waals surface area contributed by atoms with Gasteiger partial charge < -0.3 is 5.32 Å². The number of hydrogen-bond donors (Lipinski definition) is 1. The molecule has 126 valence electrons. The van der Waals surface area contributed by atoms with E-state index >= 15 is 0 Å². The number of aryl methyl sites for hydroxylation is 1. The average molecular weight is 333 g/mol. The van der Waals surface area contributed by atoms with Gasteiger partial charge in [-0.05, 0) is 20.8 Å². The van der Waals surface area contributed by atoms with Crippen LogP contribution in [0.2, 0.25) is 0 Å². The standard InChI is InChI=1S/C18H19N7/c1-11-13(9-25(24-11)18(2,3)10-20)7-15-22-14-6-5-12(8-19)16(14)17(21-4)23-15/h5,9H,6-7H2,1-4H3,(H,21,22,23). The molecule has 2 heterocycles. The molecular weight excluding hydrogens is 314 g/mol. The van der Waals surface area contributed by atoms with E-state index in [0.29, 0.717) is 30.1 Å². The minimum Gasteiger partial charge on any atom is -0.372 e. The number of nitrogens with zero attached hydrogens (tertiary/aromatic N) is 6. The molecule has 25 heavy (non-hydrogen) atoms. The van der Waals surface area contributed by atoms with Crippen molar-refractivity contribution in [3.63, 3.8) is 0 Å². The Kier molecular flexibility index (Phi) is 4.02. The monoisotopic (exact) mass is 333 g/mol. The molecule has 2 aromatic rings. The van der Waals surface area contributed by atoms with Crippen molar-refractivity contribution in [3.05, 3.63) is 40.6 Å². The van der Waals surface area contributed by atoms with Gasteiger partial charge in [-0.1, -0.05) is 6.08 Å². The molecule has 0 atom stereocenters. The highest BCUT2D eigenvalue weighted by molar-refractivity contribution is 5.86. The summed E-state index contributed by atoms with van der Waals surface area (Å²) < 4.78 is 1.68. The van der Waals surface area contributed by atoms with Crippen LogP contribution in [0.25, 0.3) is 5.57 Å². The lowest BCUT2D eigenvalue weighted by Gasteiger charge is -2.15. The van der Waals surface area contributed by atoms with Gasteiger partial charge in [-0.2, -0.15) is 15.6 Å². The average Bonchev–Trinajstić information content (AvgIpc) is 3.18. The van der Waals surface area contributed by atoms with Gasteiger partial charge in [-0.3, -0.25) is 4.68 Å². The van der Waals surface area contributed by atoms with Crippen LogP contribution >= 0.6 is 0 Å². The van der Waals surface area contributed by atoms with Crippen molar-refractivity contribution in [3.8, 4) is 12.1 Å². The smallest absolute Gasteiger partial charge is 0.143 e. The number of anilines is 1. The topological polar surface area (TPSA) is 103 Å². The molecule has 0 aliphatic heterocycles. The van der Waals surface area contributed by atoms with Crippen LogP contribution in [0.5, 0.6) is 0 Å². The summed E-state index contributed by atoms with van der Waals surface area (Å²) in [4.78, 5) is 9.20. The number of nitrogens with one attached hydrogen (secondary N) is 1. The second kappa shape index (κ2) is 6.03. The Hall–Kier alpha value is -3.19. The van der Waals surface area contributed by atoms with Crippen molar-refractivity contribution in [2.24, 2.45) is 0 Å². The van der Waals surface area contributed by atoms with E-state index in [1.807, 2.05) is 33.0 Å². The van der Waals surface area contributed by atoms with E-state index in [4.69, 9.17) is 0 Å². The Labute approximate surface area is 146 Å². The van der Waals surface area contributed by atoms with Crippen LogP contribution in [-0.2, 0) is 18.4 Å². The summed E-state index contributed by atoms with van der Waals surface area (Å²) in [6.45, 7) is 5.56. The van der Waals surface area contributed by atoms with Crippen LogP contribution in [0.4, 0.5) is 5.82 Å². The third-order valence-corrected chi connectivity index (χ3v) is 4.35. The van der Waals surface area contributed by atoms with Crippen LogP contribution in [0.3, 0.4) is 0 Å². The predicted molar refractivity (Wildman–Crippen MR) is 93.6 cm³/mol. The van der Waals surface area contributed by atoms with Gasteiger partial charge >= 0.3 is 0 Å². The van der Waals surface area contributed by atoms with Gasteiger partial charge in [0.05, 0.1) is 34.7 Å². The zero-order valence-electron chi connectivity index (χ0n) is 14.8. The lowest BCUT2D eigenvalue weighted by atomic mass is 10.1. The largest absolute Gasteiger partial charge is 0.372 e. The van der Waals surface area contributed by atoms with Crippen LogP contribution in [0.1, 0.15) is 42.2 Å². The molecule has 1 aliphatic carbocycles. The fourth-order valence-corrected chi connectivity index (χ4v) is 2.83. The zero-order chi connectivity index (χ0) is 18.2. The van der Waals surface area contributed by atoms with E-state index in [-0.39, 0.29) is 0 Å². The summed E-state index contributed by atoms with van der Waals surface area (Å²) >= 11 is 0. The molecule has 0 radical (unpaired) electrons. The molecule has 0 saturated heterocycles. The Bertz CT molecular complexity index is 951. The predicted octanol–water partition coefficient (Wildman–Crippen LogP) is 2.34. The molecule has 0 fully saturated rings. The molecule has 7 heteroatoms. The summed E-state index contributed by atoms with van der Waals surface area (Å²) in [5.41, 5.74) is 3.42. The Morgan fingerprint density at radius 1 is 1.32 bits per heavy atom. The second-order valence-electron chi connectivity index (χ2n) is 6.53. The molecular formula is C18H19N7. The van der Waals surface area contributed by atoms with Gasteiger partial charge in [-0.15, -0.1) is 0 Å². The first-order chi connectivity index (χ1) is 11.9. The molecule has 0 aromatic carbocycles. The number of fused-ring (bicyclic) bond motifs is 1. The van der Waals surface area contributed by atoms with Gasteiger partial charge in [-0.25, -0.2) is 9.97 Å². The third-order valence-electron chi connectivity index (χ3n) is 4.35. The summed E-state index contributed by atoms with van der Waals surface area (Å²) in [6, 6.07) is 4.44. The number of allylic oxidation sites excluding steroid dienone is 2. The Morgan fingerprint density at radius 2 is 2.08 bits per heavy atom. The van der Waals surface area contributed by atoms with Gasteiger partial charge in [0.1, 0.15) is 17.2 Å². The molecule has 0 unspecified atom stereocenters. The first kappa shape index (κ1) is 16.7. The molecule has 2 aromatic heterocycles. The van der Waals surface area contributed by atoms with Crippen LogP contribution in [-0.4, -0.2) is 26.8 Å². The lowest BCUT2D eigenvalue weighted by Crippen LogP contribution is -2.24. The molecule has 3 rings (SSSR count). The maximum atomic E-state index is 9.28. The third kappa shape index (κ3) is 2.85. The molecule has 0 amide bonds. The second-order valence-corrected chi connectivity index (χ2v) is 6.53. The fraction of sp³-hybridized carbons (Fsp3) is 0.389. The molecule has 0 saturated carbocycles. The maximum Gasteiger partial charge on any atom is 0.143 e. The zero-order valence-corrected chi connectivity index (χ0v) is 14.8. The first-order valence-electron chi connectivity index (χ1n) is 8.04. The van der Waals surface area contributed by atoms with E-state index in [9.17, 15) is 10.5 Å². The van der Waals surface area contributed by atoms with E-state index in [1.54, 1.807) is 11.7 Å². The van der Waals surface area contributed by atoms with Crippen molar-refractivity contribution in [2.45, 2.75) is 39.2 Å². The Balaban J connectivity index is 1.96. The van der Waals surface area contributed by atoms with Gasteiger partial charge in [0.2, 0.25) is 0 Å². The number of nitriles is 2. The van der Waals surface area contributed by atoms with E-state index in [1.165, 1.54) is 0 Å². The van der Waals surface area contributed by atoms with Crippen molar-refractivity contribution >= 4 is 11.4 Å². The van der Waals surface area contributed by atoms with Gasteiger partial charge in [0.15, 0.2) is 0 Å². The molecule has 0 spiro atoms. The fourth-order valence-electron chi connectivity index (χ4n) is 2.83. The molecule has 1 aliphatic rings. The van der Waals surface area contributed by atoms with Crippen LogP contribution < -0.4 is 5.32 Å². The summed E-state index contributed by atoms with van der Waals surface area (Å²) in [5, 5.41) is 26.0. The van der Waals surface area contributed by atoms with Crippen molar-refractivity contribution < 1.29 is 0 Å². The normalized spacial score (nSPS) is 13.0. The van der Waals surface area contributed by atoms with E-state index < -0.39 is 5.54 Å². The first-order valence-corrected chi connectivity index (χ1v) is 8.04. The van der Waals surface area contributed by atoms with Crippen molar-refractivity contribution in [1.82, 2.24) is 19.7 Å². The number of aromatic nitrogens is 4. The Morgan fingerprint density at radius 3 is 2.72 bits per heavy atom. The summed E-state index contributed by atoms with van der Waals surface area (Å²) in [6.07, 6.45) is 4.93. The van der Waals surface area contributed by atoms with Crippen molar-refractivity contribution in [1.29, 1.82) is 10.5 Å². The highest BCUT2D eigenvalue weighted by Gasteiger charge is 2.24. The molecule has 1 N–H and O–H groups in total. The van der Waals surface area contributed by atoms with Gasteiger partial charge in [0, 0.05) is 31.6 Å². The summed E-state index contributed by atoms with van der Waals surface area (Å²) in [7, 11) is 1.79. The minimum absolute atomic E-state index is 0.525. The highest BCUT2D eigenvalue weighted by atomic mass is 15.3. The summed E-state index contributed by atoms with van der Waals surface area (Å²) in [5.74, 6) is 1.35. The minimum atomic E-state index is -0.705. The quantitative estimate of drug-likeness (QED) is 0.921. The van der Waals surface area contributed by atoms with E-state index in [2.05, 4.69) is 32.5 Å². The van der Waals surface area contributed by atoms with Crippen molar-refractivity contribution in [2.75, 3.05) is 12.4 Å². The number of rotatable bonds is 4. The lowest BCUT2D eigenvalue weighted by molar-refractivity contribution is 0.416. The van der Waals surface area contributed by atoms with Crippen LogP contribution in [0.15, 0.2) is 12.3 Å². The number of hydrogen-bond acceptors (Lipinski definition) is 6. The van der Waals surface area contributed by atoms with Gasteiger partial charge in [0.25, 0.3) is 0 Å². The highest BCUT2D eigenvalue weighted by Crippen LogP contribution is 2.31. The SMILES string of the molecule is CNc1nc(Cc2cn(C(C)(C)C#N)nc2C)nc2c1C(C#N)=CC2.